The third-order valence-electron chi connectivity index (χ3n) is 5.59. The SMILES string of the molecule is O=C(NCC1(O)CCN(Cc2ccccc2)CC1)[C@@H]1Cc2cncn2C(=O)N1. The first-order valence-electron chi connectivity index (χ1n) is 9.61. The molecule has 2 aliphatic rings. The standard InChI is InChI=1S/C20H25N5O3/c26-18(17-10-16-11-21-14-25(16)19(27)23-17)22-13-20(28)6-8-24(9-7-20)12-15-4-2-1-3-5-15/h1-5,11,14,17,28H,6-10,12-13H2,(H,22,26)(H,23,27)/t17-/m0/s1. The fourth-order valence-electron chi connectivity index (χ4n) is 3.81. The van der Waals surface area contributed by atoms with Crippen LogP contribution in [0, 0.1) is 0 Å². The summed E-state index contributed by atoms with van der Waals surface area (Å²) in [4.78, 5) is 30.7. The van der Waals surface area contributed by atoms with Crippen molar-refractivity contribution in [3.63, 3.8) is 0 Å². The molecule has 0 radical (unpaired) electrons. The second-order valence-corrected chi connectivity index (χ2v) is 7.67. The van der Waals surface area contributed by atoms with E-state index in [-0.39, 0.29) is 18.5 Å². The minimum absolute atomic E-state index is 0.191. The van der Waals surface area contributed by atoms with Gasteiger partial charge in [-0.25, -0.2) is 9.78 Å². The van der Waals surface area contributed by atoms with Gasteiger partial charge in [-0.3, -0.25) is 14.3 Å². The molecule has 8 heteroatoms. The molecule has 2 aromatic rings. The van der Waals surface area contributed by atoms with Crippen LogP contribution in [0.1, 0.15) is 24.1 Å². The molecular weight excluding hydrogens is 358 g/mol. The lowest BCUT2D eigenvalue weighted by Gasteiger charge is -2.38. The molecule has 28 heavy (non-hydrogen) atoms. The molecule has 4 rings (SSSR count). The Labute approximate surface area is 163 Å². The van der Waals surface area contributed by atoms with Crippen LogP contribution in [0.5, 0.6) is 0 Å². The minimum atomic E-state index is -0.913. The third kappa shape index (κ3) is 4.07. The molecule has 0 bridgehead atoms. The highest BCUT2D eigenvalue weighted by Crippen LogP contribution is 2.23. The maximum absolute atomic E-state index is 12.5. The van der Waals surface area contributed by atoms with Crippen LogP contribution < -0.4 is 10.6 Å². The van der Waals surface area contributed by atoms with E-state index in [1.165, 1.54) is 16.5 Å². The topological polar surface area (TPSA) is 99.5 Å². The second kappa shape index (κ2) is 7.73. The van der Waals surface area contributed by atoms with Crippen molar-refractivity contribution >= 4 is 11.9 Å². The molecule has 148 valence electrons. The number of aromatic nitrogens is 2. The quantitative estimate of drug-likeness (QED) is 0.699. The van der Waals surface area contributed by atoms with Crippen LogP contribution in [0.2, 0.25) is 0 Å². The number of rotatable bonds is 5. The predicted molar refractivity (Wildman–Crippen MR) is 103 cm³/mol. The number of piperidine rings is 1. The molecule has 2 aliphatic heterocycles. The van der Waals surface area contributed by atoms with Crippen LogP contribution in [-0.2, 0) is 17.8 Å². The molecule has 0 saturated carbocycles. The molecule has 2 amide bonds. The first-order chi connectivity index (χ1) is 13.5. The number of benzene rings is 1. The number of nitrogens with zero attached hydrogens (tertiary/aromatic N) is 3. The normalized spacial score (nSPS) is 21.6. The van der Waals surface area contributed by atoms with E-state index in [0.29, 0.717) is 25.0 Å². The molecule has 0 aliphatic carbocycles. The van der Waals surface area contributed by atoms with E-state index in [4.69, 9.17) is 0 Å². The van der Waals surface area contributed by atoms with Gasteiger partial charge in [-0.15, -0.1) is 0 Å². The molecule has 1 aromatic carbocycles. The van der Waals surface area contributed by atoms with E-state index >= 15 is 0 Å². The van der Waals surface area contributed by atoms with Crippen LogP contribution in [0.15, 0.2) is 42.9 Å². The zero-order valence-corrected chi connectivity index (χ0v) is 15.7. The van der Waals surface area contributed by atoms with Crippen LogP contribution in [0.4, 0.5) is 4.79 Å². The fraction of sp³-hybridized carbons (Fsp3) is 0.450. The van der Waals surface area contributed by atoms with Gasteiger partial charge >= 0.3 is 6.03 Å². The summed E-state index contributed by atoms with van der Waals surface area (Å²) in [7, 11) is 0. The fourth-order valence-corrected chi connectivity index (χ4v) is 3.81. The highest BCUT2D eigenvalue weighted by molar-refractivity contribution is 5.89. The number of imidazole rings is 1. The average molecular weight is 383 g/mol. The zero-order chi connectivity index (χ0) is 19.6. The number of likely N-dealkylation sites (tertiary alicyclic amines) is 1. The molecule has 0 spiro atoms. The molecule has 8 nitrogen and oxygen atoms in total. The van der Waals surface area contributed by atoms with Crippen molar-refractivity contribution < 1.29 is 14.7 Å². The summed E-state index contributed by atoms with van der Waals surface area (Å²) in [5.41, 5.74) is 1.05. The van der Waals surface area contributed by atoms with E-state index in [1.54, 1.807) is 6.20 Å². The van der Waals surface area contributed by atoms with Gasteiger partial charge in [0.15, 0.2) is 0 Å². The molecule has 0 unspecified atom stereocenters. The van der Waals surface area contributed by atoms with Crippen molar-refractivity contribution in [2.24, 2.45) is 0 Å². The van der Waals surface area contributed by atoms with Crippen LogP contribution in [0.25, 0.3) is 0 Å². The molecule has 1 saturated heterocycles. The zero-order valence-electron chi connectivity index (χ0n) is 15.7. The number of carbonyl (C=O) groups excluding carboxylic acids is 2. The van der Waals surface area contributed by atoms with Gasteiger partial charge in [0.2, 0.25) is 5.91 Å². The number of hydrogen-bond donors (Lipinski definition) is 3. The van der Waals surface area contributed by atoms with Crippen molar-refractivity contribution in [2.75, 3.05) is 19.6 Å². The molecule has 3 heterocycles. The summed E-state index contributed by atoms with van der Waals surface area (Å²) in [5.74, 6) is -0.277. The van der Waals surface area contributed by atoms with Crippen molar-refractivity contribution in [1.82, 2.24) is 25.1 Å². The van der Waals surface area contributed by atoms with Crippen molar-refractivity contribution in [1.29, 1.82) is 0 Å². The molecule has 1 fully saturated rings. The highest BCUT2D eigenvalue weighted by Gasteiger charge is 2.34. The monoisotopic (exact) mass is 383 g/mol. The van der Waals surface area contributed by atoms with E-state index in [0.717, 1.165) is 19.6 Å². The average Bonchev–Trinajstić information content (AvgIpc) is 3.18. The lowest BCUT2D eigenvalue weighted by atomic mass is 9.91. The number of aliphatic hydroxyl groups is 1. The summed E-state index contributed by atoms with van der Waals surface area (Å²) in [5, 5.41) is 16.3. The minimum Gasteiger partial charge on any atom is -0.388 e. The number of hydrogen-bond acceptors (Lipinski definition) is 5. The predicted octanol–water partition coefficient (Wildman–Crippen LogP) is 0.509. The number of fused-ring (bicyclic) bond motifs is 1. The lowest BCUT2D eigenvalue weighted by molar-refractivity contribution is -0.125. The first kappa shape index (κ1) is 18.6. The van der Waals surface area contributed by atoms with Gasteiger partial charge in [0, 0.05) is 44.5 Å². The van der Waals surface area contributed by atoms with Crippen LogP contribution in [-0.4, -0.2) is 62.8 Å². The highest BCUT2D eigenvalue weighted by atomic mass is 16.3. The molecule has 3 N–H and O–H groups in total. The van der Waals surface area contributed by atoms with Gasteiger partial charge < -0.3 is 15.7 Å². The Bertz CT molecular complexity index is 843. The maximum atomic E-state index is 12.5. The molecule has 1 aromatic heterocycles. The van der Waals surface area contributed by atoms with Crippen molar-refractivity contribution in [3.8, 4) is 0 Å². The van der Waals surface area contributed by atoms with Gasteiger partial charge in [-0.05, 0) is 18.4 Å². The van der Waals surface area contributed by atoms with Crippen LogP contribution >= 0.6 is 0 Å². The Morgan fingerprint density at radius 2 is 2.04 bits per heavy atom. The van der Waals surface area contributed by atoms with Gasteiger partial charge in [-0.1, -0.05) is 30.3 Å². The van der Waals surface area contributed by atoms with E-state index in [1.807, 2.05) is 18.2 Å². The van der Waals surface area contributed by atoms with Crippen molar-refractivity contribution in [2.45, 2.75) is 37.5 Å². The third-order valence-corrected chi connectivity index (χ3v) is 5.59. The van der Waals surface area contributed by atoms with Gasteiger partial charge in [-0.2, -0.15) is 0 Å². The van der Waals surface area contributed by atoms with Crippen LogP contribution in [0.3, 0.4) is 0 Å². The Morgan fingerprint density at radius 1 is 1.29 bits per heavy atom. The number of carbonyl (C=O) groups is 2. The van der Waals surface area contributed by atoms with Gasteiger partial charge in [0.05, 0.1) is 5.60 Å². The lowest BCUT2D eigenvalue weighted by Crippen LogP contribution is -2.56. The van der Waals surface area contributed by atoms with Gasteiger partial charge in [0.25, 0.3) is 0 Å². The Morgan fingerprint density at radius 3 is 2.79 bits per heavy atom. The number of nitrogens with one attached hydrogen (secondary N) is 2. The Hall–Kier alpha value is -2.71. The van der Waals surface area contributed by atoms with Crippen molar-refractivity contribution in [3.05, 3.63) is 54.1 Å². The summed E-state index contributed by atoms with van der Waals surface area (Å²) in [6.07, 6.45) is 4.62. The summed E-state index contributed by atoms with van der Waals surface area (Å²) in [6, 6.07) is 9.27. The molecular formula is C20H25N5O3. The van der Waals surface area contributed by atoms with E-state index in [9.17, 15) is 14.7 Å². The summed E-state index contributed by atoms with van der Waals surface area (Å²) >= 11 is 0. The molecule has 1 atom stereocenters. The second-order valence-electron chi connectivity index (χ2n) is 7.67. The Balaban J connectivity index is 1.26. The maximum Gasteiger partial charge on any atom is 0.327 e. The van der Waals surface area contributed by atoms with Gasteiger partial charge in [0.1, 0.15) is 12.4 Å². The first-order valence-corrected chi connectivity index (χ1v) is 9.61. The summed E-state index contributed by atoms with van der Waals surface area (Å²) < 4.78 is 1.40. The van der Waals surface area contributed by atoms with E-state index in [2.05, 4.69) is 32.7 Å². The summed E-state index contributed by atoms with van der Waals surface area (Å²) in [6.45, 7) is 2.61. The largest absolute Gasteiger partial charge is 0.388 e. The smallest absolute Gasteiger partial charge is 0.327 e. The van der Waals surface area contributed by atoms with E-state index < -0.39 is 11.6 Å². The number of amides is 2. The Kier molecular flexibility index (Phi) is 5.15.